The van der Waals surface area contributed by atoms with Gasteiger partial charge in [0.1, 0.15) is 0 Å². The number of pyridine rings is 1. The molecule has 0 amide bonds. The maximum atomic E-state index is 11.3. The molecule has 0 aliphatic heterocycles. The summed E-state index contributed by atoms with van der Waals surface area (Å²) in [5.74, 6) is 0. The Bertz CT molecular complexity index is 619. The third kappa shape index (κ3) is 5.15. The van der Waals surface area contributed by atoms with E-state index in [1.807, 2.05) is 31.3 Å². The van der Waals surface area contributed by atoms with E-state index in [4.69, 9.17) is 4.74 Å². The van der Waals surface area contributed by atoms with Crippen LogP contribution >= 0.6 is 0 Å². The van der Waals surface area contributed by atoms with Crippen molar-refractivity contribution in [3.63, 3.8) is 0 Å². The Hall–Kier alpha value is -1.87. The van der Waals surface area contributed by atoms with E-state index in [1.165, 1.54) is 5.56 Å². The van der Waals surface area contributed by atoms with Crippen LogP contribution in [0.1, 0.15) is 37.4 Å². The van der Waals surface area contributed by atoms with Crippen LogP contribution in [-0.2, 0) is 17.9 Å². The first-order valence-electron chi connectivity index (χ1n) is 8.01. The Morgan fingerprint density at radius 2 is 1.91 bits per heavy atom. The predicted molar refractivity (Wildman–Crippen MR) is 90.0 cm³/mol. The van der Waals surface area contributed by atoms with Crippen molar-refractivity contribution in [1.29, 1.82) is 0 Å². The second kappa shape index (κ2) is 8.54. The predicted octanol–water partition coefficient (Wildman–Crippen LogP) is 3.93. The van der Waals surface area contributed by atoms with Crippen molar-refractivity contribution in [2.45, 2.75) is 52.4 Å². The van der Waals surface area contributed by atoms with Gasteiger partial charge in [-0.05, 0) is 25.3 Å². The topological polar surface area (TPSA) is 31.2 Å². The highest BCUT2D eigenvalue weighted by Gasteiger charge is 2.09. The molecule has 1 heterocycles. The molecule has 0 spiro atoms. The van der Waals surface area contributed by atoms with Crippen LogP contribution in [0.3, 0.4) is 0 Å². The lowest BCUT2D eigenvalue weighted by Gasteiger charge is -2.19. The van der Waals surface area contributed by atoms with Crippen molar-refractivity contribution in [1.82, 2.24) is 4.57 Å². The van der Waals surface area contributed by atoms with E-state index in [0.717, 1.165) is 31.5 Å². The zero-order valence-electron chi connectivity index (χ0n) is 13.5. The third-order valence-corrected chi connectivity index (χ3v) is 3.85. The molecule has 1 atom stereocenters. The largest absolute Gasteiger partial charge is 0.373 e. The minimum Gasteiger partial charge on any atom is -0.373 e. The molecule has 22 heavy (non-hydrogen) atoms. The van der Waals surface area contributed by atoms with Crippen molar-refractivity contribution >= 4 is 0 Å². The van der Waals surface area contributed by atoms with Gasteiger partial charge in [-0.15, -0.1) is 0 Å². The van der Waals surface area contributed by atoms with Gasteiger partial charge in [0.2, 0.25) is 0 Å². The number of rotatable bonds is 8. The average Bonchev–Trinajstić information content (AvgIpc) is 2.52. The second-order valence-corrected chi connectivity index (χ2v) is 5.69. The molecule has 3 nitrogen and oxygen atoms in total. The fourth-order valence-corrected chi connectivity index (χ4v) is 2.57. The molecule has 0 fully saturated rings. The summed E-state index contributed by atoms with van der Waals surface area (Å²) in [5, 5.41) is 0. The Morgan fingerprint density at radius 3 is 2.59 bits per heavy atom. The van der Waals surface area contributed by atoms with E-state index >= 15 is 0 Å². The Morgan fingerprint density at radius 1 is 1.14 bits per heavy atom. The average molecular weight is 299 g/mol. The normalized spacial score (nSPS) is 12.3. The number of ether oxygens (including phenoxy) is 1. The lowest BCUT2D eigenvalue weighted by Crippen LogP contribution is -2.17. The zero-order chi connectivity index (χ0) is 15.8. The molecule has 0 aliphatic carbocycles. The number of aryl methyl sites for hydroxylation is 2. The van der Waals surface area contributed by atoms with E-state index in [2.05, 4.69) is 23.6 Å². The summed E-state index contributed by atoms with van der Waals surface area (Å²) >= 11 is 0. The van der Waals surface area contributed by atoms with Crippen LogP contribution in [0, 0.1) is 6.92 Å². The molecule has 118 valence electrons. The van der Waals surface area contributed by atoms with E-state index in [9.17, 15) is 4.79 Å². The first kappa shape index (κ1) is 16.5. The van der Waals surface area contributed by atoms with E-state index < -0.39 is 0 Å². The number of aromatic nitrogens is 1. The van der Waals surface area contributed by atoms with Crippen LogP contribution in [0.15, 0.2) is 53.5 Å². The highest BCUT2D eigenvalue weighted by molar-refractivity contribution is 5.13. The van der Waals surface area contributed by atoms with Crippen LogP contribution < -0.4 is 5.43 Å². The highest BCUT2D eigenvalue weighted by Crippen LogP contribution is 2.12. The van der Waals surface area contributed by atoms with Gasteiger partial charge in [-0.25, -0.2) is 0 Å². The molecule has 2 aromatic rings. The Labute approximate surface area is 132 Å². The monoisotopic (exact) mass is 299 g/mol. The van der Waals surface area contributed by atoms with Crippen LogP contribution in [0.2, 0.25) is 0 Å². The Kier molecular flexibility index (Phi) is 6.41. The highest BCUT2D eigenvalue weighted by atomic mass is 16.5. The van der Waals surface area contributed by atoms with Crippen molar-refractivity contribution in [2.24, 2.45) is 0 Å². The molecule has 1 unspecified atom stereocenters. The van der Waals surface area contributed by atoms with Crippen LogP contribution in [0.4, 0.5) is 0 Å². The van der Waals surface area contributed by atoms with Crippen molar-refractivity contribution in [3.8, 4) is 0 Å². The van der Waals surface area contributed by atoms with Gasteiger partial charge in [0.25, 0.3) is 0 Å². The van der Waals surface area contributed by atoms with Gasteiger partial charge in [0.15, 0.2) is 5.43 Å². The first-order valence-corrected chi connectivity index (χ1v) is 8.01. The zero-order valence-corrected chi connectivity index (χ0v) is 13.5. The molecule has 1 aromatic heterocycles. The van der Waals surface area contributed by atoms with E-state index in [-0.39, 0.29) is 11.5 Å². The fraction of sp³-hybridized carbons (Fsp3) is 0.421. The standard InChI is InChI=1S/C19H25NO2/c1-3-7-19(22-15-17-8-5-4-6-9-17)11-13-20-12-10-18(21)14-16(20)2/h4-6,8-10,12,14,19H,3,7,11,13,15H2,1-2H3. The van der Waals surface area contributed by atoms with Crippen LogP contribution in [0.5, 0.6) is 0 Å². The maximum Gasteiger partial charge on any atom is 0.181 e. The first-order chi connectivity index (χ1) is 10.7. The number of benzene rings is 1. The molecule has 3 heteroatoms. The minimum absolute atomic E-state index is 0.0687. The molecule has 0 aliphatic rings. The van der Waals surface area contributed by atoms with Gasteiger partial charge in [-0.3, -0.25) is 4.79 Å². The van der Waals surface area contributed by atoms with Crippen LogP contribution in [0.25, 0.3) is 0 Å². The minimum atomic E-state index is 0.0687. The fourth-order valence-electron chi connectivity index (χ4n) is 2.57. The van der Waals surface area contributed by atoms with Crippen molar-refractivity contribution in [2.75, 3.05) is 0 Å². The summed E-state index contributed by atoms with van der Waals surface area (Å²) in [4.78, 5) is 11.3. The van der Waals surface area contributed by atoms with Crippen molar-refractivity contribution < 1.29 is 4.74 Å². The Balaban J connectivity index is 1.89. The van der Waals surface area contributed by atoms with Gasteiger partial charge in [0.05, 0.1) is 12.7 Å². The quantitative estimate of drug-likeness (QED) is 0.739. The van der Waals surface area contributed by atoms with Crippen molar-refractivity contribution in [3.05, 3.63) is 70.1 Å². The molecule has 0 radical (unpaired) electrons. The lowest BCUT2D eigenvalue weighted by atomic mass is 10.1. The van der Waals surface area contributed by atoms with Crippen LogP contribution in [-0.4, -0.2) is 10.7 Å². The summed E-state index contributed by atoms with van der Waals surface area (Å²) in [6, 6.07) is 13.6. The van der Waals surface area contributed by atoms with E-state index in [1.54, 1.807) is 12.1 Å². The summed E-state index contributed by atoms with van der Waals surface area (Å²) in [6.07, 6.45) is 5.26. The number of nitrogens with zero attached hydrogens (tertiary/aromatic N) is 1. The molecule has 0 bridgehead atoms. The van der Waals surface area contributed by atoms with Gasteiger partial charge in [-0.1, -0.05) is 43.7 Å². The summed E-state index contributed by atoms with van der Waals surface area (Å²) in [6.45, 7) is 5.70. The number of hydrogen-bond donors (Lipinski definition) is 0. The number of hydrogen-bond acceptors (Lipinski definition) is 2. The van der Waals surface area contributed by atoms with E-state index in [0.29, 0.717) is 6.61 Å². The third-order valence-electron chi connectivity index (χ3n) is 3.85. The molecular formula is C19H25NO2. The summed E-state index contributed by atoms with van der Waals surface area (Å²) in [5.41, 5.74) is 2.29. The molecule has 0 N–H and O–H groups in total. The molecule has 0 saturated heterocycles. The molecular weight excluding hydrogens is 274 g/mol. The van der Waals surface area contributed by atoms with Gasteiger partial charge in [-0.2, -0.15) is 0 Å². The van der Waals surface area contributed by atoms with Gasteiger partial charge in [0, 0.05) is 30.6 Å². The lowest BCUT2D eigenvalue weighted by molar-refractivity contribution is 0.0262. The van der Waals surface area contributed by atoms with Gasteiger partial charge < -0.3 is 9.30 Å². The molecule has 0 saturated carbocycles. The SMILES string of the molecule is CCCC(CCn1ccc(=O)cc1C)OCc1ccccc1. The smallest absolute Gasteiger partial charge is 0.181 e. The maximum absolute atomic E-state index is 11.3. The summed E-state index contributed by atoms with van der Waals surface area (Å²) in [7, 11) is 0. The molecule has 1 aromatic carbocycles. The summed E-state index contributed by atoms with van der Waals surface area (Å²) < 4.78 is 8.20. The van der Waals surface area contributed by atoms with Gasteiger partial charge >= 0.3 is 0 Å². The molecule has 2 rings (SSSR count). The second-order valence-electron chi connectivity index (χ2n) is 5.69.